The number of carbonyl (C=O) groups is 1. The van der Waals surface area contributed by atoms with Crippen molar-refractivity contribution in [2.24, 2.45) is 11.3 Å². The molecule has 18 heavy (non-hydrogen) atoms. The third-order valence-corrected chi connectivity index (χ3v) is 3.94. The summed E-state index contributed by atoms with van der Waals surface area (Å²) >= 11 is 0. The zero-order chi connectivity index (χ0) is 13.2. The fourth-order valence-electron chi connectivity index (χ4n) is 2.99. The van der Waals surface area contributed by atoms with E-state index in [0.29, 0.717) is 11.7 Å². The van der Waals surface area contributed by atoms with E-state index in [-0.39, 0.29) is 17.4 Å². The third-order valence-electron chi connectivity index (χ3n) is 3.94. The Balaban J connectivity index is 2.04. The van der Waals surface area contributed by atoms with E-state index in [2.05, 4.69) is 26.1 Å². The van der Waals surface area contributed by atoms with Gasteiger partial charge in [-0.2, -0.15) is 0 Å². The fourth-order valence-corrected chi connectivity index (χ4v) is 2.99. The molecule has 1 aromatic heterocycles. The van der Waals surface area contributed by atoms with Crippen molar-refractivity contribution in [3.63, 3.8) is 0 Å². The first-order valence-electron chi connectivity index (χ1n) is 6.83. The highest BCUT2D eigenvalue weighted by atomic mass is 16.3. The molecule has 2 rings (SSSR count). The van der Waals surface area contributed by atoms with Crippen LogP contribution in [0.2, 0.25) is 0 Å². The van der Waals surface area contributed by atoms with Gasteiger partial charge in [0.15, 0.2) is 5.76 Å². The third kappa shape index (κ3) is 2.95. The number of nitrogens with one attached hydrogen (secondary N) is 1. The zero-order valence-corrected chi connectivity index (χ0v) is 11.5. The van der Waals surface area contributed by atoms with Crippen LogP contribution < -0.4 is 5.32 Å². The van der Waals surface area contributed by atoms with E-state index >= 15 is 0 Å². The molecule has 0 saturated heterocycles. The van der Waals surface area contributed by atoms with Crippen LogP contribution in [0.5, 0.6) is 0 Å². The Morgan fingerprint density at radius 3 is 2.67 bits per heavy atom. The van der Waals surface area contributed by atoms with E-state index < -0.39 is 0 Å². The predicted molar refractivity (Wildman–Crippen MR) is 71.4 cm³/mol. The van der Waals surface area contributed by atoms with Crippen LogP contribution in [0.25, 0.3) is 0 Å². The first-order valence-corrected chi connectivity index (χ1v) is 6.83. The lowest BCUT2D eigenvalue weighted by molar-refractivity contribution is 0.0804. The van der Waals surface area contributed by atoms with Gasteiger partial charge in [0.05, 0.1) is 6.26 Å². The largest absolute Gasteiger partial charge is 0.459 e. The lowest BCUT2D eigenvalue weighted by Crippen LogP contribution is -2.46. The van der Waals surface area contributed by atoms with Crippen LogP contribution in [0.3, 0.4) is 0 Å². The maximum atomic E-state index is 12.0. The van der Waals surface area contributed by atoms with Gasteiger partial charge >= 0.3 is 0 Å². The molecule has 100 valence electrons. The normalized spacial score (nSPS) is 24.8. The molecule has 3 nitrogen and oxygen atoms in total. The Labute approximate surface area is 109 Å². The highest BCUT2D eigenvalue weighted by Crippen LogP contribution is 2.38. The van der Waals surface area contributed by atoms with Crippen molar-refractivity contribution in [1.29, 1.82) is 0 Å². The van der Waals surface area contributed by atoms with Crippen LogP contribution >= 0.6 is 0 Å². The smallest absolute Gasteiger partial charge is 0.287 e. The zero-order valence-electron chi connectivity index (χ0n) is 11.5. The van der Waals surface area contributed by atoms with Gasteiger partial charge < -0.3 is 9.73 Å². The van der Waals surface area contributed by atoms with Gasteiger partial charge in [-0.05, 0) is 36.3 Å². The quantitative estimate of drug-likeness (QED) is 0.870. The average Bonchev–Trinajstić information content (AvgIpc) is 2.81. The highest BCUT2D eigenvalue weighted by Gasteiger charge is 2.35. The van der Waals surface area contributed by atoms with Gasteiger partial charge in [-0.3, -0.25) is 4.79 Å². The Morgan fingerprint density at radius 2 is 2.06 bits per heavy atom. The maximum absolute atomic E-state index is 12.0. The van der Waals surface area contributed by atoms with Gasteiger partial charge in [-0.1, -0.05) is 33.6 Å². The summed E-state index contributed by atoms with van der Waals surface area (Å²) in [6.07, 6.45) is 6.29. The van der Waals surface area contributed by atoms with Crippen molar-refractivity contribution in [2.45, 2.75) is 52.5 Å². The predicted octanol–water partition coefficient (Wildman–Crippen LogP) is 3.61. The van der Waals surface area contributed by atoms with E-state index in [1.54, 1.807) is 12.1 Å². The number of hydrogen-bond donors (Lipinski definition) is 1. The molecule has 1 aromatic rings. The minimum Gasteiger partial charge on any atom is -0.459 e. The van der Waals surface area contributed by atoms with Crippen LogP contribution in [0.4, 0.5) is 0 Å². The van der Waals surface area contributed by atoms with Crippen LogP contribution in [-0.4, -0.2) is 11.9 Å². The van der Waals surface area contributed by atoms with E-state index in [4.69, 9.17) is 4.42 Å². The molecular formula is C15H23NO2. The molecule has 1 amide bonds. The van der Waals surface area contributed by atoms with Crippen molar-refractivity contribution in [2.75, 3.05) is 0 Å². The second-order valence-electron chi connectivity index (χ2n) is 6.31. The first kappa shape index (κ1) is 13.2. The van der Waals surface area contributed by atoms with Crippen LogP contribution in [0, 0.1) is 11.3 Å². The van der Waals surface area contributed by atoms with Crippen molar-refractivity contribution in [3.05, 3.63) is 24.2 Å². The Kier molecular flexibility index (Phi) is 3.79. The van der Waals surface area contributed by atoms with Gasteiger partial charge in [-0.15, -0.1) is 0 Å². The number of hydrogen-bond acceptors (Lipinski definition) is 2. The molecule has 3 heteroatoms. The Hall–Kier alpha value is -1.25. The maximum Gasteiger partial charge on any atom is 0.287 e. The van der Waals surface area contributed by atoms with Gasteiger partial charge in [0.1, 0.15) is 0 Å². The van der Waals surface area contributed by atoms with Crippen LogP contribution in [-0.2, 0) is 0 Å². The molecule has 0 aromatic carbocycles. The van der Waals surface area contributed by atoms with Crippen molar-refractivity contribution >= 4 is 5.91 Å². The number of amides is 1. The molecule has 0 spiro atoms. The Morgan fingerprint density at radius 1 is 1.33 bits per heavy atom. The van der Waals surface area contributed by atoms with E-state index in [9.17, 15) is 4.79 Å². The SMILES string of the molecule is CC(C)(C)[C@H]1CCCC[C@H]1NC(=O)c1ccco1. The molecule has 1 N–H and O–H groups in total. The summed E-state index contributed by atoms with van der Waals surface area (Å²) in [5.74, 6) is 0.875. The second kappa shape index (κ2) is 5.17. The van der Waals surface area contributed by atoms with Gasteiger partial charge in [-0.25, -0.2) is 0 Å². The standard InChI is InChI=1S/C15H23NO2/c1-15(2,3)11-7-4-5-8-12(11)16-14(17)13-9-6-10-18-13/h6,9-12H,4-5,7-8H2,1-3H3,(H,16,17)/t11-,12+/m0/s1. The van der Waals surface area contributed by atoms with Gasteiger partial charge in [0.2, 0.25) is 0 Å². The molecule has 0 aliphatic heterocycles. The molecule has 0 radical (unpaired) electrons. The minimum absolute atomic E-state index is 0.0823. The topological polar surface area (TPSA) is 42.2 Å². The number of carbonyl (C=O) groups excluding carboxylic acids is 1. The summed E-state index contributed by atoms with van der Waals surface area (Å²) in [4.78, 5) is 12.0. The molecule has 1 saturated carbocycles. The molecule has 2 atom stereocenters. The molecule has 0 unspecified atom stereocenters. The fraction of sp³-hybridized carbons (Fsp3) is 0.667. The van der Waals surface area contributed by atoms with Crippen molar-refractivity contribution in [1.82, 2.24) is 5.32 Å². The molecule has 1 aliphatic carbocycles. The molecule has 0 bridgehead atoms. The summed E-state index contributed by atoms with van der Waals surface area (Å²) in [6, 6.07) is 3.73. The first-order chi connectivity index (χ1) is 8.48. The molecule has 1 fully saturated rings. The summed E-state index contributed by atoms with van der Waals surface area (Å²) in [6.45, 7) is 6.78. The van der Waals surface area contributed by atoms with Crippen LogP contribution in [0.15, 0.2) is 22.8 Å². The van der Waals surface area contributed by atoms with Crippen LogP contribution in [0.1, 0.15) is 57.0 Å². The number of rotatable bonds is 2. The molecule has 1 aliphatic rings. The summed E-state index contributed by atoms with van der Waals surface area (Å²) in [5, 5.41) is 3.15. The summed E-state index contributed by atoms with van der Waals surface area (Å²) in [5.41, 5.74) is 0.238. The monoisotopic (exact) mass is 249 g/mol. The average molecular weight is 249 g/mol. The van der Waals surface area contributed by atoms with Gasteiger partial charge in [0, 0.05) is 6.04 Å². The summed E-state index contributed by atoms with van der Waals surface area (Å²) < 4.78 is 5.15. The van der Waals surface area contributed by atoms with Crippen molar-refractivity contribution in [3.8, 4) is 0 Å². The Bertz CT molecular complexity index is 389. The molecule has 1 heterocycles. The minimum atomic E-state index is -0.0823. The van der Waals surface area contributed by atoms with E-state index in [0.717, 1.165) is 6.42 Å². The summed E-state index contributed by atoms with van der Waals surface area (Å²) in [7, 11) is 0. The van der Waals surface area contributed by atoms with E-state index in [1.165, 1.54) is 25.5 Å². The second-order valence-corrected chi connectivity index (χ2v) is 6.31. The van der Waals surface area contributed by atoms with E-state index in [1.807, 2.05) is 0 Å². The van der Waals surface area contributed by atoms with Gasteiger partial charge in [0.25, 0.3) is 5.91 Å². The molecular weight excluding hydrogens is 226 g/mol. The highest BCUT2D eigenvalue weighted by molar-refractivity contribution is 5.91. The number of furan rings is 1. The lowest BCUT2D eigenvalue weighted by Gasteiger charge is -2.40. The van der Waals surface area contributed by atoms with Crippen molar-refractivity contribution < 1.29 is 9.21 Å². The lowest BCUT2D eigenvalue weighted by atomic mass is 9.69.